The second kappa shape index (κ2) is 9.53. The molecular formula is C23H24ClN3OS. The fourth-order valence-electron chi connectivity index (χ4n) is 3.67. The summed E-state index contributed by atoms with van der Waals surface area (Å²) in [5, 5.41) is 6.67. The normalized spacial score (nSPS) is 15.3. The minimum atomic E-state index is 0.0440. The summed E-state index contributed by atoms with van der Waals surface area (Å²) in [7, 11) is 0. The highest BCUT2D eigenvalue weighted by molar-refractivity contribution is 7.13. The number of piperidine rings is 1. The van der Waals surface area contributed by atoms with Gasteiger partial charge in [-0.25, -0.2) is 4.98 Å². The number of thiazole rings is 1. The lowest BCUT2D eigenvalue weighted by Gasteiger charge is -2.32. The lowest BCUT2D eigenvalue weighted by Crippen LogP contribution is -2.44. The van der Waals surface area contributed by atoms with Crippen LogP contribution in [0.5, 0.6) is 0 Å². The SMILES string of the molecule is O=C(Cc1csc(-c2ccccc2Cl)n1)NC1CCN(Cc2ccccc2)CC1. The fourth-order valence-corrected chi connectivity index (χ4v) is 4.81. The molecule has 1 fully saturated rings. The van der Waals surface area contributed by atoms with Crippen LogP contribution in [0.2, 0.25) is 5.02 Å². The van der Waals surface area contributed by atoms with Gasteiger partial charge in [-0.15, -0.1) is 11.3 Å². The first kappa shape index (κ1) is 20.1. The van der Waals surface area contributed by atoms with Crippen LogP contribution in [0.25, 0.3) is 10.6 Å². The number of hydrogen-bond acceptors (Lipinski definition) is 4. The Morgan fingerprint density at radius 3 is 2.59 bits per heavy atom. The number of carbonyl (C=O) groups is 1. The molecule has 1 amide bonds. The zero-order chi connectivity index (χ0) is 20.1. The van der Waals surface area contributed by atoms with Crippen molar-refractivity contribution in [1.29, 1.82) is 0 Å². The number of rotatable bonds is 6. The van der Waals surface area contributed by atoms with Gasteiger partial charge in [0.2, 0.25) is 5.91 Å². The van der Waals surface area contributed by atoms with Crippen LogP contribution in [-0.4, -0.2) is 34.9 Å². The Hall–Kier alpha value is -2.21. The highest BCUT2D eigenvalue weighted by atomic mass is 35.5. The highest BCUT2D eigenvalue weighted by Crippen LogP contribution is 2.30. The summed E-state index contributed by atoms with van der Waals surface area (Å²) >= 11 is 7.77. The van der Waals surface area contributed by atoms with Crippen molar-refractivity contribution in [3.8, 4) is 10.6 Å². The van der Waals surface area contributed by atoms with Crippen molar-refractivity contribution in [3.63, 3.8) is 0 Å². The van der Waals surface area contributed by atoms with E-state index in [0.29, 0.717) is 11.4 Å². The molecule has 1 aliphatic rings. The van der Waals surface area contributed by atoms with Gasteiger partial charge in [-0.1, -0.05) is 60.1 Å². The lowest BCUT2D eigenvalue weighted by atomic mass is 10.0. The average Bonchev–Trinajstić information content (AvgIpc) is 3.18. The third-order valence-electron chi connectivity index (χ3n) is 5.20. The van der Waals surface area contributed by atoms with Crippen molar-refractivity contribution < 1.29 is 4.79 Å². The quantitative estimate of drug-likeness (QED) is 0.617. The predicted molar refractivity (Wildman–Crippen MR) is 119 cm³/mol. The number of hydrogen-bond donors (Lipinski definition) is 1. The molecule has 0 spiro atoms. The van der Waals surface area contributed by atoms with Gasteiger partial charge < -0.3 is 5.32 Å². The van der Waals surface area contributed by atoms with Gasteiger partial charge in [-0.2, -0.15) is 0 Å². The summed E-state index contributed by atoms with van der Waals surface area (Å²) in [5.74, 6) is 0.0440. The van der Waals surface area contributed by atoms with Gasteiger partial charge in [0.25, 0.3) is 0 Å². The Kier molecular flexibility index (Phi) is 6.60. The van der Waals surface area contributed by atoms with Crippen LogP contribution in [0.3, 0.4) is 0 Å². The van der Waals surface area contributed by atoms with Gasteiger partial charge in [0.05, 0.1) is 17.1 Å². The molecule has 1 aliphatic heterocycles. The molecule has 1 saturated heterocycles. The van der Waals surface area contributed by atoms with E-state index in [0.717, 1.165) is 48.7 Å². The van der Waals surface area contributed by atoms with E-state index in [1.165, 1.54) is 16.9 Å². The van der Waals surface area contributed by atoms with Crippen LogP contribution in [0.4, 0.5) is 0 Å². The molecule has 2 aromatic carbocycles. The van der Waals surface area contributed by atoms with E-state index in [4.69, 9.17) is 11.6 Å². The molecule has 4 rings (SSSR count). The second-order valence-corrected chi connectivity index (χ2v) is 8.67. The molecule has 1 N–H and O–H groups in total. The Morgan fingerprint density at radius 1 is 1.10 bits per heavy atom. The minimum Gasteiger partial charge on any atom is -0.353 e. The first-order valence-electron chi connectivity index (χ1n) is 9.92. The number of likely N-dealkylation sites (tertiary alicyclic amines) is 1. The lowest BCUT2D eigenvalue weighted by molar-refractivity contribution is -0.121. The third-order valence-corrected chi connectivity index (χ3v) is 6.45. The van der Waals surface area contributed by atoms with Crippen molar-refractivity contribution in [2.45, 2.75) is 31.8 Å². The Bertz CT molecular complexity index is 952. The molecule has 0 saturated carbocycles. The summed E-state index contributed by atoms with van der Waals surface area (Å²) in [6.07, 6.45) is 2.28. The molecule has 2 heterocycles. The second-order valence-electron chi connectivity index (χ2n) is 7.40. The van der Waals surface area contributed by atoms with Crippen molar-refractivity contribution in [3.05, 3.63) is 76.3 Å². The molecule has 6 heteroatoms. The number of aromatic nitrogens is 1. The Balaban J connectivity index is 1.25. The molecule has 4 nitrogen and oxygen atoms in total. The van der Waals surface area contributed by atoms with Gasteiger partial charge in [0.1, 0.15) is 5.01 Å². The number of benzene rings is 2. The van der Waals surface area contributed by atoms with E-state index >= 15 is 0 Å². The largest absolute Gasteiger partial charge is 0.353 e. The van der Waals surface area contributed by atoms with E-state index in [9.17, 15) is 4.79 Å². The molecule has 0 bridgehead atoms. The first-order valence-corrected chi connectivity index (χ1v) is 11.2. The Morgan fingerprint density at radius 2 is 1.83 bits per heavy atom. The number of nitrogens with zero attached hydrogens (tertiary/aromatic N) is 2. The highest BCUT2D eigenvalue weighted by Gasteiger charge is 2.21. The molecule has 0 aliphatic carbocycles. The Labute approximate surface area is 180 Å². The van der Waals surface area contributed by atoms with Crippen molar-refractivity contribution in [1.82, 2.24) is 15.2 Å². The minimum absolute atomic E-state index is 0.0440. The summed E-state index contributed by atoms with van der Waals surface area (Å²) < 4.78 is 0. The number of carbonyl (C=O) groups excluding carboxylic acids is 1. The molecule has 0 unspecified atom stereocenters. The van der Waals surface area contributed by atoms with Crippen molar-refractivity contribution in [2.75, 3.05) is 13.1 Å². The summed E-state index contributed by atoms with van der Waals surface area (Å²) in [5.41, 5.74) is 3.05. The summed E-state index contributed by atoms with van der Waals surface area (Å²) in [6, 6.07) is 18.4. The topological polar surface area (TPSA) is 45.2 Å². The smallest absolute Gasteiger partial charge is 0.226 e. The molecule has 0 radical (unpaired) electrons. The molecule has 1 aromatic heterocycles. The van der Waals surface area contributed by atoms with Crippen LogP contribution in [-0.2, 0) is 17.8 Å². The van der Waals surface area contributed by atoms with E-state index in [2.05, 4.69) is 39.5 Å². The molecule has 0 atom stereocenters. The number of nitrogens with one attached hydrogen (secondary N) is 1. The van der Waals surface area contributed by atoms with Crippen LogP contribution in [0.15, 0.2) is 60.0 Å². The van der Waals surface area contributed by atoms with Gasteiger partial charge in [0.15, 0.2) is 0 Å². The predicted octanol–water partition coefficient (Wildman–Crippen LogP) is 4.79. The maximum Gasteiger partial charge on any atom is 0.226 e. The molecule has 29 heavy (non-hydrogen) atoms. The third kappa shape index (κ3) is 5.44. The van der Waals surface area contributed by atoms with Gasteiger partial charge in [-0.3, -0.25) is 9.69 Å². The van der Waals surface area contributed by atoms with Crippen LogP contribution in [0.1, 0.15) is 24.1 Å². The average molecular weight is 426 g/mol. The molecule has 150 valence electrons. The number of amides is 1. The van der Waals surface area contributed by atoms with Crippen molar-refractivity contribution in [2.24, 2.45) is 0 Å². The van der Waals surface area contributed by atoms with Crippen molar-refractivity contribution >= 4 is 28.8 Å². The van der Waals surface area contributed by atoms with Crippen LogP contribution < -0.4 is 5.32 Å². The van der Waals surface area contributed by atoms with E-state index in [1.807, 2.05) is 35.7 Å². The maximum atomic E-state index is 12.5. The van der Waals surface area contributed by atoms with Gasteiger partial charge >= 0.3 is 0 Å². The van der Waals surface area contributed by atoms with E-state index in [1.54, 1.807) is 0 Å². The summed E-state index contributed by atoms with van der Waals surface area (Å²) in [6.45, 7) is 2.99. The zero-order valence-electron chi connectivity index (χ0n) is 16.2. The fraction of sp³-hybridized carbons (Fsp3) is 0.304. The van der Waals surface area contributed by atoms with E-state index in [-0.39, 0.29) is 11.9 Å². The standard InChI is InChI=1S/C23H24ClN3OS/c24-21-9-5-4-8-20(21)23-26-19(16-29-23)14-22(28)25-18-10-12-27(13-11-18)15-17-6-2-1-3-7-17/h1-9,16,18H,10-15H2,(H,25,28). The van der Waals surface area contributed by atoms with Crippen LogP contribution in [0, 0.1) is 0 Å². The summed E-state index contributed by atoms with van der Waals surface area (Å²) in [4.78, 5) is 19.5. The number of halogens is 1. The van der Waals surface area contributed by atoms with Gasteiger partial charge in [0, 0.05) is 36.6 Å². The van der Waals surface area contributed by atoms with E-state index < -0.39 is 0 Å². The van der Waals surface area contributed by atoms with Crippen LogP contribution >= 0.6 is 22.9 Å². The first-order chi connectivity index (χ1) is 14.2. The molecule has 3 aromatic rings. The zero-order valence-corrected chi connectivity index (χ0v) is 17.8. The maximum absolute atomic E-state index is 12.5. The molecular weight excluding hydrogens is 402 g/mol. The van der Waals surface area contributed by atoms with Gasteiger partial charge in [-0.05, 0) is 24.5 Å². The monoisotopic (exact) mass is 425 g/mol.